The largest absolute Gasteiger partial charge is 0.508 e. The third kappa shape index (κ3) is 4.07. The van der Waals surface area contributed by atoms with E-state index in [0.29, 0.717) is 11.7 Å². The highest BCUT2D eigenvalue weighted by atomic mass is 16.3. The number of hydrogen-bond donors (Lipinski definition) is 1. The van der Waals surface area contributed by atoms with E-state index in [1.165, 1.54) is 11.3 Å². The van der Waals surface area contributed by atoms with E-state index in [0.717, 1.165) is 13.0 Å². The molecular formula is C19H26NO+. The summed E-state index contributed by atoms with van der Waals surface area (Å²) in [7, 11) is 0. The molecule has 0 aliphatic rings. The number of phenolic OH excluding ortho intramolecular Hbond substituents is 1. The highest BCUT2D eigenvalue weighted by Crippen LogP contribution is 2.28. The van der Waals surface area contributed by atoms with E-state index in [1.54, 1.807) is 12.1 Å². The number of benzene rings is 1. The smallest absolute Gasteiger partial charge is 0.187 e. The minimum atomic E-state index is 0.145. The van der Waals surface area contributed by atoms with Gasteiger partial charge in [-0.15, -0.1) is 0 Å². The Morgan fingerprint density at radius 2 is 1.71 bits per heavy atom. The van der Waals surface area contributed by atoms with Gasteiger partial charge in [0.1, 0.15) is 5.75 Å². The van der Waals surface area contributed by atoms with Gasteiger partial charge in [-0.3, -0.25) is 0 Å². The Bertz CT molecular complexity index is 585. The van der Waals surface area contributed by atoms with Crippen LogP contribution in [0.15, 0.2) is 48.7 Å². The van der Waals surface area contributed by atoms with Gasteiger partial charge in [-0.2, -0.15) is 4.57 Å². The molecule has 0 amide bonds. The average Bonchev–Trinajstić information content (AvgIpc) is 2.40. The molecule has 2 rings (SSSR count). The van der Waals surface area contributed by atoms with Crippen molar-refractivity contribution >= 4 is 0 Å². The van der Waals surface area contributed by atoms with Crippen LogP contribution in [0.1, 0.15) is 45.4 Å². The molecule has 2 nitrogen and oxygen atoms in total. The van der Waals surface area contributed by atoms with Crippen LogP contribution in [0.25, 0.3) is 0 Å². The molecule has 0 fully saturated rings. The van der Waals surface area contributed by atoms with E-state index in [2.05, 4.69) is 56.7 Å². The summed E-state index contributed by atoms with van der Waals surface area (Å²) in [5.74, 6) is 0.986. The second kappa shape index (κ2) is 6.30. The van der Waals surface area contributed by atoms with Gasteiger partial charge in [0.2, 0.25) is 0 Å². The van der Waals surface area contributed by atoms with Crippen LogP contribution in [0.2, 0.25) is 0 Å². The van der Waals surface area contributed by atoms with Crippen LogP contribution in [0.3, 0.4) is 0 Å². The summed E-state index contributed by atoms with van der Waals surface area (Å²) < 4.78 is 2.31. The van der Waals surface area contributed by atoms with Crippen molar-refractivity contribution in [1.82, 2.24) is 0 Å². The third-order valence-electron chi connectivity index (χ3n) is 3.84. The quantitative estimate of drug-likeness (QED) is 0.823. The zero-order valence-corrected chi connectivity index (χ0v) is 13.5. The van der Waals surface area contributed by atoms with Gasteiger partial charge in [-0.1, -0.05) is 19.9 Å². The van der Waals surface area contributed by atoms with Gasteiger partial charge in [0.15, 0.2) is 18.4 Å². The molecule has 2 heteroatoms. The lowest BCUT2D eigenvalue weighted by Gasteiger charge is -2.24. The molecule has 0 atom stereocenters. The summed E-state index contributed by atoms with van der Waals surface area (Å²) in [5.41, 5.74) is 2.70. The fraction of sp³-hybridized carbons (Fsp3) is 0.421. The highest BCUT2D eigenvalue weighted by molar-refractivity contribution is 5.25. The number of phenols is 1. The Morgan fingerprint density at radius 3 is 2.33 bits per heavy atom. The zero-order chi connectivity index (χ0) is 15.5. The molecule has 0 radical (unpaired) electrons. The number of nitrogens with zero attached hydrogens (tertiary/aromatic N) is 1. The van der Waals surface area contributed by atoms with Gasteiger partial charge in [0, 0.05) is 23.1 Å². The maximum Gasteiger partial charge on any atom is 0.187 e. The van der Waals surface area contributed by atoms with E-state index in [-0.39, 0.29) is 5.41 Å². The average molecular weight is 284 g/mol. The van der Waals surface area contributed by atoms with Crippen molar-refractivity contribution < 1.29 is 9.67 Å². The Morgan fingerprint density at radius 1 is 1.05 bits per heavy atom. The third-order valence-corrected chi connectivity index (χ3v) is 3.84. The van der Waals surface area contributed by atoms with Crippen molar-refractivity contribution in [3.05, 3.63) is 59.9 Å². The highest BCUT2D eigenvalue weighted by Gasteiger charge is 2.30. The van der Waals surface area contributed by atoms with Gasteiger partial charge in [-0.25, -0.2) is 0 Å². The summed E-state index contributed by atoms with van der Waals surface area (Å²) >= 11 is 0. The SMILES string of the molecule is CC(C)CC(C)(C)c1cccc[n+]1Cc1ccc(O)cc1. The number of aromatic hydroxyl groups is 1. The van der Waals surface area contributed by atoms with Gasteiger partial charge in [-0.05, 0) is 50.5 Å². The van der Waals surface area contributed by atoms with Gasteiger partial charge < -0.3 is 5.11 Å². The molecule has 0 saturated heterocycles. The molecule has 0 spiro atoms. The predicted molar refractivity (Wildman–Crippen MR) is 86.3 cm³/mol. The first-order valence-corrected chi connectivity index (χ1v) is 7.65. The van der Waals surface area contributed by atoms with Crippen LogP contribution in [-0.2, 0) is 12.0 Å². The predicted octanol–water partition coefficient (Wildman–Crippen LogP) is 4.05. The van der Waals surface area contributed by atoms with E-state index in [9.17, 15) is 5.11 Å². The molecule has 1 aromatic heterocycles. The van der Waals surface area contributed by atoms with Crippen molar-refractivity contribution in [2.45, 2.75) is 46.1 Å². The van der Waals surface area contributed by atoms with Crippen molar-refractivity contribution in [2.75, 3.05) is 0 Å². The normalized spacial score (nSPS) is 11.9. The van der Waals surface area contributed by atoms with E-state index in [1.807, 2.05) is 12.1 Å². The summed E-state index contributed by atoms with van der Waals surface area (Å²) in [6.07, 6.45) is 3.30. The lowest BCUT2D eigenvalue weighted by Crippen LogP contribution is -2.44. The molecule has 1 N–H and O–H groups in total. The molecule has 0 bridgehead atoms. The van der Waals surface area contributed by atoms with Crippen molar-refractivity contribution in [3.63, 3.8) is 0 Å². The Labute approximate surface area is 128 Å². The van der Waals surface area contributed by atoms with E-state index in [4.69, 9.17) is 0 Å². The van der Waals surface area contributed by atoms with E-state index < -0.39 is 0 Å². The standard InChI is InChI=1S/C19H25NO/c1-15(2)13-19(3,4)18-7-5-6-12-20(18)14-16-8-10-17(21)11-9-16/h5-12,15H,13-14H2,1-4H3/p+1. The van der Waals surface area contributed by atoms with Crippen LogP contribution in [0, 0.1) is 5.92 Å². The molecule has 0 saturated carbocycles. The van der Waals surface area contributed by atoms with Crippen molar-refractivity contribution in [1.29, 1.82) is 0 Å². The van der Waals surface area contributed by atoms with Gasteiger partial charge >= 0.3 is 0 Å². The topological polar surface area (TPSA) is 24.1 Å². The van der Waals surface area contributed by atoms with Crippen molar-refractivity contribution in [2.24, 2.45) is 5.92 Å². The maximum atomic E-state index is 9.40. The van der Waals surface area contributed by atoms with E-state index >= 15 is 0 Å². The first-order valence-electron chi connectivity index (χ1n) is 7.65. The number of hydrogen-bond acceptors (Lipinski definition) is 1. The van der Waals surface area contributed by atoms with Crippen LogP contribution in [-0.4, -0.2) is 5.11 Å². The monoisotopic (exact) mass is 284 g/mol. The number of pyridine rings is 1. The molecule has 21 heavy (non-hydrogen) atoms. The van der Waals surface area contributed by atoms with Crippen LogP contribution in [0.5, 0.6) is 5.75 Å². The second-order valence-electron chi connectivity index (χ2n) is 6.86. The minimum absolute atomic E-state index is 0.145. The molecule has 1 heterocycles. The lowest BCUT2D eigenvalue weighted by atomic mass is 9.80. The fourth-order valence-corrected chi connectivity index (χ4v) is 3.15. The fourth-order valence-electron chi connectivity index (χ4n) is 3.15. The lowest BCUT2D eigenvalue weighted by molar-refractivity contribution is -0.699. The number of aromatic nitrogens is 1. The zero-order valence-electron chi connectivity index (χ0n) is 13.5. The van der Waals surface area contributed by atoms with Gasteiger partial charge in [0.05, 0.1) is 0 Å². The molecule has 0 unspecified atom stereocenters. The minimum Gasteiger partial charge on any atom is -0.508 e. The van der Waals surface area contributed by atoms with Gasteiger partial charge in [0.25, 0.3) is 0 Å². The van der Waals surface area contributed by atoms with Crippen LogP contribution >= 0.6 is 0 Å². The first-order chi connectivity index (χ1) is 9.88. The molecule has 2 aromatic rings. The summed E-state index contributed by atoms with van der Waals surface area (Å²) in [6.45, 7) is 10.0. The molecule has 1 aromatic carbocycles. The number of rotatable bonds is 5. The maximum absolute atomic E-state index is 9.40. The molecule has 112 valence electrons. The van der Waals surface area contributed by atoms with Crippen LogP contribution < -0.4 is 4.57 Å². The summed E-state index contributed by atoms with van der Waals surface area (Å²) in [4.78, 5) is 0. The Hall–Kier alpha value is -1.83. The summed E-state index contributed by atoms with van der Waals surface area (Å²) in [6, 6.07) is 13.9. The molecule has 0 aliphatic carbocycles. The first kappa shape index (κ1) is 15.6. The second-order valence-corrected chi connectivity index (χ2v) is 6.86. The van der Waals surface area contributed by atoms with Crippen LogP contribution in [0.4, 0.5) is 0 Å². The molecular weight excluding hydrogens is 258 g/mol. The summed E-state index contributed by atoms with van der Waals surface area (Å²) in [5, 5.41) is 9.40. The Kier molecular flexibility index (Phi) is 4.66. The molecule has 0 aliphatic heterocycles. The van der Waals surface area contributed by atoms with Crippen molar-refractivity contribution in [3.8, 4) is 5.75 Å². The Balaban J connectivity index is 2.30.